The first-order valence-corrected chi connectivity index (χ1v) is 5.88. The highest BCUT2D eigenvalue weighted by atomic mass is 16.4. The molecule has 1 aromatic rings. The second kappa shape index (κ2) is 6.76. The van der Waals surface area contributed by atoms with Crippen LogP contribution in [-0.4, -0.2) is 23.5 Å². The van der Waals surface area contributed by atoms with Crippen LogP contribution in [0.4, 0.5) is 0 Å². The average Bonchev–Trinajstić information content (AvgIpc) is 2.38. The maximum absolute atomic E-state index is 11.8. The van der Waals surface area contributed by atoms with Gasteiger partial charge in [0.15, 0.2) is 6.04 Å². The predicted octanol–water partition coefficient (Wildman–Crippen LogP) is 0.913. The van der Waals surface area contributed by atoms with E-state index in [1.807, 2.05) is 6.92 Å². The van der Waals surface area contributed by atoms with Gasteiger partial charge < -0.3 is 16.2 Å². The van der Waals surface area contributed by atoms with E-state index in [9.17, 15) is 9.59 Å². The number of rotatable bonds is 6. The largest absolute Gasteiger partial charge is 0.479 e. The number of aliphatic carboxylic acids is 1. The van der Waals surface area contributed by atoms with Crippen molar-refractivity contribution in [2.45, 2.75) is 19.4 Å². The lowest BCUT2D eigenvalue weighted by atomic mass is 10.0. The van der Waals surface area contributed by atoms with Crippen molar-refractivity contribution in [3.8, 4) is 0 Å². The molecule has 1 rings (SSSR count). The second-order valence-electron chi connectivity index (χ2n) is 4.03. The Morgan fingerprint density at radius 3 is 2.39 bits per heavy atom. The highest BCUT2D eigenvalue weighted by Gasteiger charge is 2.24. The lowest BCUT2D eigenvalue weighted by Gasteiger charge is -2.18. The van der Waals surface area contributed by atoms with Crippen LogP contribution < -0.4 is 11.1 Å². The molecule has 5 nitrogen and oxygen atoms in total. The zero-order valence-corrected chi connectivity index (χ0v) is 10.3. The van der Waals surface area contributed by atoms with Crippen LogP contribution in [0.3, 0.4) is 0 Å². The SMILES string of the molecule is CCC(CN)C(=O)NC(C(=O)O)c1ccccc1. The molecule has 0 spiro atoms. The minimum absolute atomic E-state index is 0.212. The molecule has 0 aliphatic rings. The van der Waals surface area contributed by atoms with E-state index < -0.39 is 12.0 Å². The fourth-order valence-electron chi connectivity index (χ4n) is 1.65. The molecule has 98 valence electrons. The van der Waals surface area contributed by atoms with E-state index in [0.717, 1.165) is 0 Å². The van der Waals surface area contributed by atoms with Crippen molar-refractivity contribution < 1.29 is 14.7 Å². The summed E-state index contributed by atoms with van der Waals surface area (Å²) in [6.45, 7) is 2.05. The predicted molar refractivity (Wildman–Crippen MR) is 67.8 cm³/mol. The fourth-order valence-corrected chi connectivity index (χ4v) is 1.65. The van der Waals surface area contributed by atoms with Crippen LogP contribution in [0.15, 0.2) is 30.3 Å². The molecule has 2 unspecified atom stereocenters. The molecule has 0 heterocycles. The van der Waals surface area contributed by atoms with E-state index in [0.29, 0.717) is 12.0 Å². The van der Waals surface area contributed by atoms with Gasteiger partial charge in [-0.25, -0.2) is 4.79 Å². The van der Waals surface area contributed by atoms with E-state index in [1.54, 1.807) is 30.3 Å². The standard InChI is InChI=1S/C13H18N2O3/c1-2-9(8-14)12(16)15-11(13(17)18)10-6-4-3-5-7-10/h3-7,9,11H,2,8,14H2,1H3,(H,15,16)(H,17,18). The molecule has 0 fully saturated rings. The third kappa shape index (κ3) is 3.56. The lowest BCUT2D eigenvalue weighted by Crippen LogP contribution is -2.40. The number of carboxylic acid groups (broad SMARTS) is 1. The number of hydrogen-bond acceptors (Lipinski definition) is 3. The number of nitrogens with one attached hydrogen (secondary N) is 1. The maximum atomic E-state index is 11.8. The van der Waals surface area contributed by atoms with E-state index in [-0.39, 0.29) is 18.4 Å². The summed E-state index contributed by atoms with van der Waals surface area (Å²) in [5.41, 5.74) is 6.01. The minimum Gasteiger partial charge on any atom is -0.479 e. The van der Waals surface area contributed by atoms with Crippen molar-refractivity contribution in [3.05, 3.63) is 35.9 Å². The Kier molecular flexibility index (Phi) is 5.32. The lowest BCUT2D eigenvalue weighted by molar-refractivity contribution is -0.142. The van der Waals surface area contributed by atoms with E-state index in [2.05, 4.69) is 5.32 Å². The fraction of sp³-hybridized carbons (Fsp3) is 0.385. The maximum Gasteiger partial charge on any atom is 0.330 e. The normalized spacial score (nSPS) is 13.7. The highest BCUT2D eigenvalue weighted by molar-refractivity contribution is 5.85. The van der Waals surface area contributed by atoms with Gasteiger partial charge in [-0.15, -0.1) is 0 Å². The summed E-state index contributed by atoms with van der Waals surface area (Å²) in [5, 5.41) is 11.7. The van der Waals surface area contributed by atoms with Gasteiger partial charge in [-0.1, -0.05) is 37.3 Å². The van der Waals surface area contributed by atoms with Gasteiger partial charge in [0.1, 0.15) is 0 Å². The van der Waals surface area contributed by atoms with E-state index in [4.69, 9.17) is 10.8 Å². The number of amides is 1. The minimum atomic E-state index is -1.08. The van der Waals surface area contributed by atoms with Gasteiger partial charge >= 0.3 is 5.97 Å². The monoisotopic (exact) mass is 250 g/mol. The molecule has 0 saturated carbocycles. The summed E-state index contributed by atoms with van der Waals surface area (Å²) in [6, 6.07) is 7.57. The molecule has 4 N–H and O–H groups in total. The number of nitrogens with two attached hydrogens (primary N) is 1. The molecule has 0 saturated heterocycles. The summed E-state index contributed by atoms with van der Waals surface area (Å²) in [5.74, 6) is -1.76. The van der Waals surface area contributed by atoms with Gasteiger partial charge in [-0.05, 0) is 12.0 Å². The van der Waals surface area contributed by atoms with Crippen LogP contribution in [0.1, 0.15) is 24.9 Å². The van der Waals surface area contributed by atoms with E-state index in [1.165, 1.54) is 0 Å². The molecule has 0 aliphatic carbocycles. The molecule has 0 radical (unpaired) electrons. The molecule has 18 heavy (non-hydrogen) atoms. The van der Waals surface area contributed by atoms with Crippen molar-refractivity contribution in [3.63, 3.8) is 0 Å². The van der Waals surface area contributed by atoms with Gasteiger partial charge in [-0.3, -0.25) is 4.79 Å². The Morgan fingerprint density at radius 1 is 1.33 bits per heavy atom. The van der Waals surface area contributed by atoms with Crippen LogP contribution in [0, 0.1) is 5.92 Å². The Morgan fingerprint density at radius 2 is 1.94 bits per heavy atom. The molecule has 5 heteroatoms. The Balaban J connectivity index is 2.82. The van der Waals surface area contributed by atoms with Crippen molar-refractivity contribution in [1.82, 2.24) is 5.32 Å². The molecule has 0 aliphatic heterocycles. The molecule has 0 aromatic heterocycles. The van der Waals surface area contributed by atoms with Gasteiger partial charge in [0.05, 0.1) is 0 Å². The van der Waals surface area contributed by atoms with Crippen LogP contribution in [-0.2, 0) is 9.59 Å². The number of carbonyl (C=O) groups excluding carboxylic acids is 1. The number of benzene rings is 1. The summed E-state index contributed by atoms with van der Waals surface area (Å²) in [4.78, 5) is 23.0. The first-order valence-electron chi connectivity index (χ1n) is 5.88. The van der Waals surface area contributed by atoms with Crippen LogP contribution in [0.5, 0.6) is 0 Å². The average molecular weight is 250 g/mol. The van der Waals surface area contributed by atoms with Gasteiger partial charge in [0.25, 0.3) is 0 Å². The summed E-state index contributed by atoms with van der Waals surface area (Å²) in [6.07, 6.45) is 0.587. The zero-order valence-electron chi connectivity index (χ0n) is 10.3. The van der Waals surface area contributed by atoms with Crippen LogP contribution in [0.25, 0.3) is 0 Å². The summed E-state index contributed by atoms with van der Waals surface area (Å²) < 4.78 is 0. The first kappa shape index (κ1) is 14.2. The smallest absolute Gasteiger partial charge is 0.330 e. The highest BCUT2D eigenvalue weighted by Crippen LogP contribution is 2.14. The molecular weight excluding hydrogens is 232 g/mol. The Hall–Kier alpha value is -1.88. The molecular formula is C13H18N2O3. The van der Waals surface area contributed by atoms with Crippen molar-refractivity contribution in [1.29, 1.82) is 0 Å². The topological polar surface area (TPSA) is 92.4 Å². The van der Waals surface area contributed by atoms with Crippen LogP contribution in [0.2, 0.25) is 0 Å². The molecule has 2 atom stereocenters. The molecule has 0 bridgehead atoms. The zero-order chi connectivity index (χ0) is 13.5. The Bertz CT molecular complexity index is 402. The number of carbonyl (C=O) groups is 2. The van der Waals surface area contributed by atoms with Crippen molar-refractivity contribution in [2.24, 2.45) is 11.7 Å². The first-order chi connectivity index (χ1) is 8.60. The van der Waals surface area contributed by atoms with Crippen LogP contribution >= 0.6 is 0 Å². The van der Waals surface area contributed by atoms with Crippen molar-refractivity contribution >= 4 is 11.9 Å². The summed E-state index contributed by atoms with van der Waals surface area (Å²) >= 11 is 0. The van der Waals surface area contributed by atoms with Gasteiger partial charge in [0.2, 0.25) is 5.91 Å². The van der Waals surface area contributed by atoms with E-state index >= 15 is 0 Å². The third-order valence-electron chi connectivity index (χ3n) is 2.81. The van der Waals surface area contributed by atoms with Crippen molar-refractivity contribution in [2.75, 3.05) is 6.54 Å². The second-order valence-corrected chi connectivity index (χ2v) is 4.03. The summed E-state index contributed by atoms with van der Waals surface area (Å²) in [7, 11) is 0. The Labute approximate surface area is 106 Å². The third-order valence-corrected chi connectivity index (χ3v) is 2.81. The quantitative estimate of drug-likeness (QED) is 0.699. The molecule has 1 aromatic carbocycles. The number of hydrogen-bond donors (Lipinski definition) is 3. The number of carboxylic acids is 1. The van der Waals surface area contributed by atoms with Gasteiger partial charge in [-0.2, -0.15) is 0 Å². The molecule has 1 amide bonds. The van der Waals surface area contributed by atoms with Gasteiger partial charge in [0, 0.05) is 12.5 Å².